The van der Waals surface area contributed by atoms with Gasteiger partial charge in [-0.3, -0.25) is 0 Å². The first-order valence-corrected chi connectivity index (χ1v) is 9.22. The first-order chi connectivity index (χ1) is 8.41. The van der Waals surface area contributed by atoms with E-state index in [1.54, 1.807) is 0 Å². The second-order valence-electron chi connectivity index (χ2n) is 6.00. The molecule has 4 heteroatoms. The molecule has 2 N–H and O–H groups in total. The van der Waals surface area contributed by atoms with Gasteiger partial charge in [-0.25, -0.2) is 8.42 Å². The van der Waals surface area contributed by atoms with Gasteiger partial charge < -0.3 is 5.73 Å². The van der Waals surface area contributed by atoms with Crippen molar-refractivity contribution in [1.29, 1.82) is 0 Å². The summed E-state index contributed by atoms with van der Waals surface area (Å²) in [7, 11) is -2.87. The first-order valence-electron chi connectivity index (χ1n) is 7.40. The molecule has 108 valence electrons. The van der Waals surface area contributed by atoms with E-state index in [1.165, 1.54) is 25.7 Å². The maximum absolute atomic E-state index is 11.7. The minimum atomic E-state index is -2.87. The summed E-state index contributed by atoms with van der Waals surface area (Å²) < 4.78 is 23.5. The van der Waals surface area contributed by atoms with Crippen molar-refractivity contribution in [2.24, 2.45) is 11.7 Å². The fraction of sp³-hybridized carbons (Fsp3) is 1.00. The van der Waals surface area contributed by atoms with Crippen LogP contribution in [0.25, 0.3) is 0 Å². The standard InChI is InChI=1S/C14H29NO2S/c1-3-5-13-6-8-14(15,9-7-13)10-12-18(16,17)11-4-2/h13H,3-12,15H2,1-2H3. The molecule has 0 aromatic carbocycles. The Bertz CT molecular complexity index is 330. The maximum atomic E-state index is 11.7. The monoisotopic (exact) mass is 275 g/mol. The average Bonchev–Trinajstić information content (AvgIpc) is 2.31. The van der Waals surface area contributed by atoms with Crippen LogP contribution < -0.4 is 5.73 Å². The van der Waals surface area contributed by atoms with Crippen LogP contribution in [0.2, 0.25) is 0 Å². The summed E-state index contributed by atoms with van der Waals surface area (Å²) in [6.07, 6.45) is 8.25. The number of hydrogen-bond donors (Lipinski definition) is 1. The third-order valence-corrected chi connectivity index (χ3v) is 6.08. The van der Waals surface area contributed by atoms with Crippen LogP contribution >= 0.6 is 0 Å². The number of sulfone groups is 1. The van der Waals surface area contributed by atoms with Gasteiger partial charge in [-0.05, 0) is 44.4 Å². The van der Waals surface area contributed by atoms with Crippen LogP contribution in [0.5, 0.6) is 0 Å². The van der Waals surface area contributed by atoms with Crippen molar-refractivity contribution in [3.63, 3.8) is 0 Å². The van der Waals surface area contributed by atoms with Crippen molar-refractivity contribution < 1.29 is 8.42 Å². The van der Waals surface area contributed by atoms with Gasteiger partial charge in [-0.1, -0.05) is 26.7 Å². The number of nitrogens with two attached hydrogens (primary N) is 1. The van der Waals surface area contributed by atoms with Crippen LogP contribution in [0.3, 0.4) is 0 Å². The van der Waals surface area contributed by atoms with Crippen LogP contribution in [0.1, 0.15) is 65.2 Å². The molecule has 1 saturated carbocycles. The Morgan fingerprint density at radius 2 is 1.72 bits per heavy atom. The summed E-state index contributed by atoms with van der Waals surface area (Å²) in [6, 6.07) is 0. The molecule has 1 aliphatic carbocycles. The second kappa shape index (κ2) is 6.90. The Morgan fingerprint density at radius 1 is 1.11 bits per heavy atom. The Labute approximate surface area is 112 Å². The molecule has 0 aromatic rings. The molecule has 1 aliphatic rings. The molecule has 0 radical (unpaired) electrons. The van der Waals surface area contributed by atoms with E-state index in [2.05, 4.69) is 6.92 Å². The molecule has 0 heterocycles. The van der Waals surface area contributed by atoms with Gasteiger partial charge in [0.2, 0.25) is 0 Å². The quantitative estimate of drug-likeness (QED) is 0.777. The Kier molecular flexibility index (Phi) is 6.12. The lowest BCUT2D eigenvalue weighted by atomic mass is 9.74. The van der Waals surface area contributed by atoms with Crippen molar-refractivity contribution in [3.8, 4) is 0 Å². The van der Waals surface area contributed by atoms with Gasteiger partial charge in [0.1, 0.15) is 9.84 Å². The zero-order valence-electron chi connectivity index (χ0n) is 12.0. The molecular weight excluding hydrogens is 246 g/mol. The number of hydrogen-bond acceptors (Lipinski definition) is 3. The van der Waals surface area contributed by atoms with Crippen LogP contribution in [0.15, 0.2) is 0 Å². The van der Waals surface area contributed by atoms with E-state index in [1.807, 2.05) is 6.92 Å². The highest BCUT2D eigenvalue weighted by Gasteiger charge is 2.32. The van der Waals surface area contributed by atoms with E-state index in [0.717, 1.165) is 18.8 Å². The lowest BCUT2D eigenvalue weighted by molar-refractivity contribution is 0.219. The molecule has 0 atom stereocenters. The molecule has 3 nitrogen and oxygen atoms in total. The minimum absolute atomic E-state index is 0.217. The molecule has 0 saturated heterocycles. The molecule has 0 amide bonds. The van der Waals surface area contributed by atoms with Crippen molar-refractivity contribution in [2.75, 3.05) is 11.5 Å². The van der Waals surface area contributed by atoms with Crippen LogP contribution in [-0.4, -0.2) is 25.5 Å². The molecule has 0 aromatic heterocycles. The second-order valence-corrected chi connectivity index (χ2v) is 8.30. The summed E-state index contributed by atoms with van der Waals surface area (Å²) in [5.74, 6) is 1.40. The first kappa shape index (κ1) is 16.0. The molecular formula is C14H29NO2S. The average molecular weight is 275 g/mol. The summed E-state index contributed by atoms with van der Waals surface area (Å²) in [5, 5.41) is 0. The van der Waals surface area contributed by atoms with E-state index in [-0.39, 0.29) is 11.3 Å². The molecule has 0 bridgehead atoms. The molecule has 1 fully saturated rings. The van der Waals surface area contributed by atoms with Gasteiger partial charge in [0.15, 0.2) is 0 Å². The van der Waals surface area contributed by atoms with E-state index >= 15 is 0 Å². The van der Waals surface area contributed by atoms with Crippen molar-refractivity contribution in [3.05, 3.63) is 0 Å². The van der Waals surface area contributed by atoms with E-state index in [0.29, 0.717) is 18.6 Å². The lowest BCUT2D eigenvalue weighted by Crippen LogP contribution is -2.44. The third-order valence-electron chi connectivity index (χ3n) is 4.22. The maximum Gasteiger partial charge on any atom is 0.150 e. The topological polar surface area (TPSA) is 60.2 Å². The molecule has 0 spiro atoms. The highest BCUT2D eigenvalue weighted by molar-refractivity contribution is 7.91. The fourth-order valence-corrected chi connectivity index (χ4v) is 4.51. The van der Waals surface area contributed by atoms with Crippen LogP contribution in [-0.2, 0) is 9.84 Å². The number of rotatable bonds is 7. The van der Waals surface area contributed by atoms with Crippen molar-refractivity contribution in [2.45, 2.75) is 70.8 Å². The van der Waals surface area contributed by atoms with E-state index in [9.17, 15) is 8.42 Å². The van der Waals surface area contributed by atoms with Gasteiger partial charge in [0.25, 0.3) is 0 Å². The van der Waals surface area contributed by atoms with Crippen molar-refractivity contribution in [1.82, 2.24) is 0 Å². The van der Waals surface area contributed by atoms with Gasteiger partial charge in [-0.15, -0.1) is 0 Å². The molecule has 0 unspecified atom stereocenters. The van der Waals surface area contributed by atoms with Gasteiger partial charge in [0, 0.05) is 11.3 Å². The van der Waals surface area contributed by atoms with Gasteiger partial charge >= 0.3 is 0 Å². The van der Waals surface area contributed by atoms with Crippen LogP contribution in [0, 0.1) is 5.92 Å². The zero-order chi connectivity index (χ0) is 13.6. The summed E-state index contributed by atoms with van der Waals surface area (Å²) in [5.41, 5.74) is 6.14. The predicted molar refractivity (Wildman–Crippen MR) is 77.3 cm³/mol. The Balaban J connectivity index is 2.39. The summed E-state index contributed by atoms with van der Waals surface area (Å²) in [6.45, 7) is 4.13. The smallest absolute Gasteiger partial charge is 0.150 e. The zero-order valence-corrected chi connectivity index (χ0v) is 12.8. The Morgan fingerprint density at radius 3 is 2.22 bits per heavy atom. The lowest BCUT2D eigenvalue weighted by Gasteiger charge is -2.37. The minimum Gasteiger partial charge on any atom is -0.325 e. The Hall–Kier alpha value is -0.0900. The molecule has 0 aliphatic heterocycles. The van der Waals surface area contributed by atoms with E-state index in [4.69, 9.17) is 5.73 Å². The molecule has 18 heavy (non-hydrogen) atoms. The SMILES string of the molecule is CCCC1CCC(N)(CCS(=O)(=O)CCC)CC1. The fourth-order valence-electron chi connectivity index (χ4n) is 2.97. The van der Waals surface area contributed by atoms with Gasteiger partial charge in [0.05, 0.1) is 5.75 Å². The van der Waals surface area contributed by atoms with Crippen LogP contribution in [0.4, 0.5) is 0 Å². The summed E-state index contributed by atoms with van der Waals surface area (Å²) >= 11 is 0. The van der Waals surface area contributed by atoms with E-state index < -0.39 is 9.84 Å². The van der Waals surface area contributed by atoms with Crippen molar-refractivity contribution >= 4 is 9.84 Å². The predicted octanol–water partition coefficient (Wildman–Crippen LogP) is 2.89. The third kappa shape index (κ3) is 5.27. The highest BCUT2D eigenvalue weighted by atomic mass is 32.2. The largest absolute Gasteiger partial charge is 0.325 e. The highest BCUT2D eigenvalue weighted by Crippen LogP contribution is 2.34. The molecule has 1 rings (SSSR count). The summed E-state index contributed by atoms with van der Waals surface area (Å²) in [4.78, 5) is 0. The normalized spacial score (nSPS) is 29.4. The van der Waals surface area contributed by atoms with Gasteiger partial charge in [-0.2, -0.15) is 0 Å².